The molecule has 0 aliphatic carbocycles. The van der Waals surface area contributed by atoms with Crippen LogP contribution in [0.3, 0.4) is 0 Å². The number of amides is 1. The fourth-order valence-electron chi connectivity index (χ4n) is 1.88. The van der Waals surface area contributed by atoms with Crippen LogP contribution in [0.2, 0.25) is 0 Å². The molecule has 0 heterocycles. The van der Waals surface area contributed by atoms with Gasteiger partial charge in [-0.3, -0.25) is 4.79 Å². The molecule has 2 unspecified atom stereocenters. The largest absolute Gasteiger partial charge is 0.466 e. The van der Waals surface area contributed by atoms with Crippen LogP contribution in [-0.2, 0) is 14.3 Å². The van der Waals surface area contributed by atoms with Gasteiger partial charge in [0.05, 0.1) is 20.1 Å². The van der Waals surface area contributed by atoms with Crippen LogP contribution < -0.4 is 0 Å². The minimum absolute atomic E-state index is 0.0190. The predicted octanol–water partition coefficient (Wildman–Crippen LogP) is 2.44. The number of ether oxygens (including phenoxy) is 2. The Morgan fingerprint density at radius 1 is 1.17 bits per heavy atom. The minimum atomic E-state index is -0.367. The van der Waals surface area contributed by atoms with Crippen molar-refractivity contribution >= 4 is 12.1 Å². The second kappa shape index (κ2) is 7.95. The molecule has 0 fully saturated rings. The molecule has 0 aromatic rings. The standard InChI is InChI=1S/C13H25NO4/c1-7-18-12(15)8-10(4)11(5)14(9(2)3)13(16)17-6/h9-11H,7-8H2,1-6H3. The number of hydrogen-bond acceptors (Lipinski definition) is 4. The Morgan fingerprint density at radius 2 is 1.72 bits per heavy atom. The van der Waals surface area contributed by atoms with E-state index in [9.17, 15) is 9.59 Å². The third-order valence-corrected chi connectivity index (χ3v) is 3.00. The number of rotatable bonds is 6. The molecule has 5 heteroatoms. The minimum Gasteiger partial charge on any atom is -0.466 e. The Kier molecular flexibility index (Phi) is 7.39. The molecule has 0 saturated heterocycles. The zero-order valence-electron chi connectivity index (χ0n) is 12.2. The van der Waals surface area contributed by atoms with Crippen molar-refractivity contribution in [3.05, 3.63) is 0 Å². The first-order chi connectivity index (χ1) is 8.34. The number of carbonyl (C=O) groups is 2. The Balaban J connectivity index is 4.61. The highest BCUT2D eigenvalue weighted by atomic mass is 16.5. The van der Waals surface area contributed by atoms with Crippen molar-refractivity contribution in [3.63, 3.8) is 0 Å². The average Bonchev–Trinajstić information content (AvgIpc) is 2.28. The van der Waals surface area contributed by atoms with E-state index in [1.54, 1.807) is 11.8 Å². The van der Waals surface area contributed by atoms with Crippen LogP contribution in [0, 0.1) is 5.92 Å². The lowest BCUT2D eigenvalue weighted by Gasteiger charge is -2.34. The summed E-state index contributed by atoms with van der Waals surface area (Å²) in [4.78, 5) is 24.8. The summed E-state index contributed by atoms with van der Waals surface area (Å²) in [7, 11) is 1.36. The summed E-state index contributed by atoms with van der Waals surface area (Å²) >= 11 is 0. The summed E-state index contributed by atoms with van der Waals surface area (Å²) < 4.78 is 9.68. The zero-order chi connectivity index (χ0) is 14.3. The van der Waals surface area contributed by atoms with Crippen LogP contribution >= 0.6 is 0 Å². The van der Waals surface area contributed by atoms with E-state index in [-0.39, 0.29) is 30.1 Å². The summed E-state index contributed by atoms with van der Waals surface area (Å²) in [5.41, 5.74) is 0. The van der Waals surface area contributed by atoms with E-state index in [1.807, 2.05) is 27.7 Å². The lowest BCUT2D eigenvalue weighted by molar-refractivity contribution is -0.144. The van der Waals surface area contributed by atoms with Gasteiger partial charge in [-0.15, -0.1) is 0 Å². The predicted molar refractivity (Wildman–Crippen MR) is 69.3 cm³/mol. The Labute approximate surface area is 109 Å². The highest BCUT2D eigenvalue weighted by Gasteiger charge is 2.29. The summed E-state index contributed by atoms with van der Waals surface area (Å²) in [6, 6.07) is -0.0565. The van der Waals surface area contributed by atoms with Gasteiger partial charge in [0.15, 0.2) is 0 Å². The molecule has 18 heavy (non-hydrogen) atoms. The molecule has 0 aliphatic heterocycles. The lowest BCUT2D eigenvalue weighted by atomic mass is 9.97. The Hall–Kier alpha value is -1.26. The van der Waals surface area contributed by atoms with Gasteiger partial charge in [-0.25, -0.2) is 4.79 Å². The lowest BCUT2D eigenvalue weighted by Crippen LogP contribution is -2.46. The third-order valence-electron chi connectivity index (χ3n) is 3.00. The van der Waals surface area contributed by atoms with Crippen molar-refractivity contribution in [1.29, 1.82) is 0 Å². The molecule has 2 atom stereocenters. The molecular weight excluding hydrogens is 234 g/mol. The van der Waals surface area contributed by atoms with E-state index < -0.39 is 0 Å². The zero-order valence-corrected chi connectivity index (χ0v) is 12.2. The number of hydrogen-bond donors (Lipinski definition) is 0. The highest BCUT2D eigenvalue weighted by Crippen LogP contribution is 2.18. The normalized spacial score (nSPS) is 13.9. The molecule has 0 aromatic carbocycles. The van der Waals surface area contributed by atoms with Crippen LogP contribution in [0.25, 0.3) is 0 Å². The molecule has 0 radical (unpaired) electrons. The van der Waals surface area contributed by atoms with Crippen molar-refractivity contribution in [2.24, 2.45) is 5.92 Å². The van der Waals surface area contributed by atoms with E-state index >= 15 is 0 Å². The highest BCUT2D eigenvalue weighted by molar-refractivity contribution is 5.70. The molecule has 0 bridgehead atoms. The van der Waals surface area contributed by atoms with Gasteiger partial charge in [0.1, 0.15) is 0 Å². The fourth-order valence-corrected chi connectivity index (χ4v) is 1.88. The van der Waals surface area contributed by atoms with Crippen LogP contribution in [0.5, 0.6) is 0 Å². The number of carbonyl (C=O) groups excluding carboxylic acids is 2. The topological polar surface area (TPSA) is 55.8 Å². The van der Waals surface area contributed by atoms with Gasteiger partial charge in [0.2, 0.25) is 0 Å². The van der Waals surface area contributed by atoms with Crippen molar-refractivity contribution in [3.8, 4) is 0 Å². The Bertz CT molecular complexity index is 278. The molecule has 0 aliphatic rings. The number of nitrogens with zero attached hydrogens (tertiary/aromatic N) is 1. The van der Waals surface area contributed by atoms with Gasteiger partial charge in [0.25, 0.3) is 0 Å². The average molecular weight is 259 g/mol. The Morgan fingerprint density at radius 3 is 2.11 bits per heavy atom. The van der Waals surface area contributed by atoms with E-state index in [4.69, 9.17) is 9.47 Å². The molecule has 0 rings (SSSR count). The summed E-state index contributed by atoms with van der Waals surface area (Å²) in [6.07, 6.45) is -0.0666. The molecule has 0 aromatic heterocycles. The molecule has 5 nitrogen and oxygen atoms in total. The van der Waals surface area contributed by atoms with E-state index in [2.05, 4.69) is 0 Å². The van der Waals surface area contributed by atoms with Gasteiger partial charge in [-0.05, 0) is 33.6 Å². The first-order valence-electron chi connectivity index (χ1n) is 6.37. The molecular formula is C13H25NO4. The summed E-state index contributed by atoms with van der Waals surface area (Å²) in [5, 5.41) is 0. The van der Waals surface area contributed by atoms with Gasteiger partial charge in [0, 0.05) is 12.1 Å². The second-order valence-electron chi connectivity index (χ2n) is 4.70. The van der Waals surface area contributed by atoms with Crippen molar-refractivity contribution < 1.29 is 19.1 Å². The van der Waals surface area contributed by atoms with Gasteiger partial charge < -0.3 is 14.4 Å². The van der Waals surface area contributed by atoms with Crippen molar-refractivity contribution in [2.45, 2.75) is 53.1 Å². The second-order valence-corrected chi connectivity index (χ2v) is 4.70. The van der Waals surface area contributed by atoms with E-state index in [0.717, 1.165) is 0 Å². The molecule has 0 spiro atoms. The van der Waals surface area contributed by atoms with Gasteiger partial charge in [-0.2, -0.15) is 0 Å². The summed E-state index contributed by atoms with van der Waals surface area (Å²) in [5.74, 6) is -0.212. The van der Waals surface area contributed by atoms with Crippen molar-refractivity contribution in [1.82, 2.24) is 4.90 Å². The number of methoxy groups -OCH3 is 1. The monoisotopic (exact) mass is 259 g/mol. The molecule has 1 amide bonds. The van der Waals surface area contributed by atoms with Crippen molar-refractivity contribution in [2.75, 3.05) is 13.7 Å². The quantitative estimate of drug-likeness (QED) is 0.687. The van der Waals surface area contributed by atoms with E-state index in [1.165, 1.54) is 7.11 Å². The third kappa shape index (κ3) is 4.94. The SMILES string of the molecule is CCOC(=O)CC(C)C(C)N(C(=O)OC)C(C)C. The van der Waals surface area contributed by atoms with Gasteiger partial charge >= 0.3 is 12.1 Å². The maximum Gasteiger partial charge on any atom is 0.409 e. The number of esters is 1. The molecule has 0 N–H and O–H groups in total. The maximum atomic E-state index is 11.7. The van der Waals surface area contributed by atoms with E-state index in [0.29, 0.717) is 13.0 Å². The van der Waals surface area contributed by atoms with Crippen LogP contribution in [0.1, 0.15) is 41.0 Å². The molecule has 0 saturated carbocycles. The van der Waals surface area contributed by atoms with Gasteiger partial charge in [-0.1, -0.05) is 6.92 Å². The van der Waals surface area contributed by atoms with Crippen LogP contribution in [-0.4, -0.2) is 42.8 Å². The van der Waals surface area contributed by atoms with Crippen LogP contribution in [0.4, 0.5) is 4.79 Å². The molecule has 106 valence electrons. The maximum absolute atomic E-state index is 11.7. The summed E-state index contributed by atoms with van der Waals surface area (Å²) in [6.45, 7) is 9.85. The first-order valence-corrected chi connectivity index (χ1v) is 6.37. The fraction of sp³-hybridized carbons (Fsp3) is 0.846. The van der Waals surface area contributed by atoms with Crippen LogP contribution in [0.15, 0.2) is 0 Å². The first kappa shape index (κ1) is 16.7. The smallest absolute Gasteiger partial charge is 0.409 e.